The van der Waals surface area contributed by atoms with Gasteiger partial charge in [0.2, 0.25) is 0 Å². The second kappa shape index (κ2) is 7.07. The zero-order valence-electron chi connectivity index (χ0n) is 11.6. The van der Waals surface area contributed by atoms with Gasteiger partial charge in [0.25, 0.3) is 0 Å². The van der Waals surface area contributed by atoms with Gasteiger partial charge in [-0.05, 0) is 35.7 Å². The predicted octanol–water partition coefficient (Wildman–Crippen LogP) is 3.26. The molecule has 0 radical (unpaired) electrons. The molecule has 0 saturated carbocycles. The number of hydrogen-bond donors (Lipinski definition) is 1. The maximum atomic E-state index is 5.10. The molecule has 0 saturated heterocycles. The fraction of sp³-hybridized carbons (Fsp3) is 0.294. The Balaban J connectivity index is 2.22. The maximum Gasteiger partial charge on any atom is 0.0502 e. The van der Waals surface area contributed by atoms with Crippen molar-refractivity contribution in [2.24, 2.45) is 0 Å². The largest absolute Gasteiger partial charge is 0.384 e. The van der Waals surface area contributed by atoms with Crippen molar-refractivity contribution in [1.29, 1.82) is 0 Å². The molecule has 2 nitrogen and oxygen atoms in total. The summed E-state index contributed by atoms with van der Waals surface area (Å²) in [5.74, 6) is 0. The molecule has 2 heteroatoms. The van der Waals surface area contributed by atoms with Crippen LogP contribution in [0.4, 0.5) is 0 Å². The topological polar surface area (TPSA) is 21.3 Å². The minimum Gasteiger partial charge on any atom is -0.384 e. The highest BCUT2D eigenvalue weighted by atomic mass is 16.5. The first-order chi connectivity index (χ1) is 9.35. The summed E-state index contributed by atoms with van der Waals surface area (Å²) in [6.07, 6.45) is 0.967. The number of methoxy groups -OCH3 is 1. The number of ether oxygens (including phenoxy) is 1. The van der Waals surface area contributed by atoms with E-state index in [1.807, 2.05) is 7.05 Å². The minimum absolute atomic E-state index is 0.774. The summed E-state index contributed by atoms with van der Waals surface area (Å²) in [6.45, 7) is 1.66. The zero-order chi connectivity index (χ0) is 13.5. The van der Waals surface area contributed by atoms with Crippen molar-refractivity contribution in [2.75, 3.05) is 20.8 Å². The third kappa shape index (κ3) is 3.66. The van der Waals surface area contributed by atoms with E-state index in [9.17, 15) is 0 Å². The van der Waals surface area contributed by atoms with Crippen molar-refractivity contribution < 1.29 is 4.74 Å². The quantitative estimate of drug-likeness (QED) is 0.855. The Labute approximate surface area is 115 Å². The number of nitrogens with one attached hydrogen (secondary N) is 1. The first kappa shape index (κ1) is 13.8. The highest BCUT2D eigenvalue weighted by Crippen LogP contribution is 2.24. The molecule has 0 spiro atoms. The Morgan fingerprint density at radius 1 is 1.00 bits per heavy atom. The van der Waals surface area contributed by atoms with E-state index in [0.717, 1.165) is 19.6 Å². The van der Waals surface area contributed by atoms with E-state index in [4.69, 9.17) is 4.74 Å². The van der Waals surface area contributed by atoms with E-state index in [1.165, 1.54) is 22.3 Å². The molecule has 0 unspecified atom stereocenters. The molecule has 19 heavy (non-hydrogen) atoms. The molecule has 0 aliphatic heterocycles. The third-order valence-electron chi connectivity index (χ3n) is 3.24. The smallest absolute Gasteiger partial charge is 0.0502 e. The van der Waals surface area contributed by atoms with Crippen molar-refractivity contribution in [3.05, 3.63) is 59.7 Å². The third-order valence-corrected chi connectivity index (χ3v) is 3.24. The summed E-state index contributed by atoms with van der Waals surface area (Å²) >= 11 is 0. The van der Waals surface area contributed by atoms with Crippen LogP contribution in [-0.2, 0) is 17.7 Å². The van der Waals surface area contributed by atoms with Crippen LogP contribution in [0, 0.1) is 0 Å². The maximum absolute atomic E-state index is 5.10. The van der Waals surface area contributed by atoms with Gasteiger partial charge in [0.05, 0.1) is 6.61 Å². The van der Waals surface area contributed by atoms with Gasteiger partial charge < -0.3 is 10.1 Å². The van der Waals surface area contributed by atoms with Gasteiger partial charge in [0, 0.05) is 13.7 Å². The molecular weight excluding hydrogens is 234 g/mol. The SMILES string of the molecule is CNCc1ccccc1-c1ccc(CCOC)cc1. The first-order valence-corrected chi connectivity index (χ1v) is 6.66. The van der Waals surface area contributed by atoms with E-state index in [2.05, 4.69) is 53.8 Å². The number of benzene rings is 2. The second-order valence-corrected chi connectivity index (χ2v) is 4.63. The van der Waals surface area contributed by atoms with E-state index < -0.39 is 0 Å². The molecule has 0 aliphatic rings. The van der Waals surface area contributed by atoms with Crippen LogP contribution < -0.4 is 5.32 Å². The standard InChI is InChI=1S/C17H21NO/c1-18-13-16-5-3-4-6-17(16)15-9-7-14(8-10-15)11-12-19-2/h3-10,18H,11-13H2,1-2H3. The van der Waals surface area contributed by atoms with Gasteiger partial charge in [-0.1, -0.05) is 48.5 Å². The van der Waals surface area contributed by atoms with Crippen LogP contribution in [0.2, 0.25) is 0 Å². The molecule has 0 heterocycles. The van der Waals surface area contributed by atoms with Crippen LogP contribution >= 0.6 is 0 Å². The molecule has 100 valence electrons. The Bertz CT molecular complexity index is 505. The van der Waals surface area contributed by atoms with Gasteiger partial charge >= 0.3 is 0 Å². The van der Waals surface area contributed by atoms with E-state index >= 15 is 0 Å². The van der Waals surface area contributed by atoms with Gasteiger partial charge in [0.15, 0.2) is 0 Å². The van der Waals surface area contributed by atoms with E-state index in [0.29, 0.717) is 0 Å². The van der Waals surface area contributed by atoms with Gasteiger partial charge in [0.1, 0.15) is 0 Å². The summed E-state index contributed by atoms with van der Waals surface area (Å²) in [5, 5.41) is 3.22. The van der Waals surface area contributed by atoms with Crippen LogP contribution in [0.15, 0.2) is 48.5 Å². The minimum atomic E-state index is 0.774. The number of hydrogen-bond acceptors (Lipinski definition) is 2. The van der Waals surface area contributed by atoms with Crippen molar-refractivity contribution >= 4 is 0 Å². The van der Waals surface area contributed by atoms with Crippen molar-refractivity contribution in [2.45, 2.75) is 13.0 Å². The lowest BCUT2D eigenvalue weighted by atomic mass is 9.98. The summed E-state index contributed by atoms with van der Waals surface area (Å²) < 4.78 is 5.10. The molecule has 1 N–H and O–H groups in total. The van der Waals surface area contributed by atoms with Gasteiger partial charge in [-0.3, -0.25) is 0 Å². The number of rotatable bonds is 6. The zero-order valence-corrected chi connectivity index (χ0v) is 11.6. The average Bonchev–Trinajstić information content (AvgIpc) is 2.47. The fourth-order valence-corrected chi connectivity index (χ4v) is 2.22. The van der Waals surface area contributed by atoms with Crippen molar-refractivity contribution in [3.8, 4) is 11.1 Å². The summed E-state index contributed by atoms with van der Waals surface area (Å²) in [6, 6.07) is 17.3. The Kier molecular flexibility index (Phi) is 5.13. The molecule has 2 rings (SSSR count). The van der Waals surface area contributed by atoms with Gasteiger partial charge in [-0.2, -0.15) is 0 Å². The van der Waals surface area contributed by atoms with Crippen LogP contribution in [0.1, 0.15) is 11.1 Å². The summed E-state index contributed by atoms with van der Waals surface area (Å²) in [4.78, 5) is 0. The van der Waals surface area contributed by atoms with Gasteiger partial charge in [-0.25, -0.2) is 0 Å². The van der Waals surface area contributed by atoms with Crippen LogP contribution in [-0.4, -0.2) is 20.8 Å². The van der Waals surface area contributed by atoms with Crippen molar-refractivity contribution in [3.63, 3.8) is 0 Å². The lowest BCUT2D eigenvalue weighted by Gasteiger charge is -2.10. The normalized spacial score (nSPS) is 10.6. The molecule has 2 aromatic carbocycles. The molecule has 0 aromatic heterocycles. The lowest BCUT2D eigenvalue weighted by Crippen LogP contribution is -2.06. The highest BCUT2D eigenvalue weighted by Gasteiger charge is 2.03. The first-order valence-electron chi connectivity index (χ1n) is 6.66. The Morgan fingerprint density at radius 2 is 1.74 bits per heavy atom. The Morgan fingerprint density at radius 3 is 2.42 bits per heavy atom. The molecule has 0 fully saturated rings. The highest BCUT2D eigenvalue weighted by molar-refractivity contribution is 5.67. The molecule has 0 bridgehead atoms. The molecule has 0 aliphatic carbocycles. The molecule has 0 atom stereocenters. The van der Waals surface area contributed by atoms with E-state index in [1.54, 1.807) is 7.11 Å². The summed E-state index contributed by atoms with van der Waals surface area (Å²) in [7, 11) is 3.72. The van der Waals surface area contributed by atoms with Gasteiger partial charge in [-0.15, -0.1) is 0 Å². The van der Waals surface area contributed by atoms with Crippen LogP contribution in [0.5, 0.6) is 0 Å². The fourth-order valence-electron chi connectivity index (χ4n) is 2.22. The van der Waals surface area contributed by atoms with E-state index in [-0.39, 0.29) is 0 Å². The average molecular weight is 255 g/mol. The molecule has 0 amide bonds. The van der Waals surface area contributed by atoms with Crippen LogP contribution in [0.25, 0.3) is 11.1 Å². The lowest BCUT2D eigenvalue weighted by molar-refractivity contribution is 0.202. The molecular formula is C17H21NO. The van der Waals surface area contributed by atoms with Crippen molar-refractivity contribution in [1.82, 2.24) is 5.32 Å². The summed E-state index contributed by atoms with van der Waals surface area (Å²) in [5.41, 5.74) is 5.22. The monoisotopic (exact) mass is 255 g/mol. The Hall–Kier alpha value is -1.64. The second-order valence-electron chi connectivity index (χ2n) is 4.63. The van der Waals surface area contributed by atoms with Crippen LogP contribution in [0.3, 0.4) is 0 Å². The molecule has 2 aromatic rings. The predicted molar refractivity (Wildman–Crippen MR) is 80.2 cm³/mol.